The van der Waals surface area contributed by atoms with Gasteiger partial charge >= 0.3 is 5.97 Å². The van der Waals surface area contributed by atoms with E-state index in [0.717, 1.165) is 6.07 Å². The minimum Gasteiger partial charge on any atom is -0.477 e. The van der Waals surface area contributed by atoms with E-state index in [0.29, 0.717) is 4.68 Å². The third kappa shape index (κ3) is 2.14. The predicted octanol–water partition coefficient (Wildman–Crippen LogP) is 0.429. The average molecular weight is 191 g/mol. The van der Waals surface area contributed by atoms with E-state index in [-0.39, 0.29) is 11.5 Å². The predicted molar refractivity (Wildman–Crippen MR) is 39.6 cm³/mol. The summed E-state index contributed by atoms with van der Waals surface area (Å²) >= 11 is 0. The van der Waals surface area contributed by atoms with Crippen LogP contribution in [0.25, 0.3) is 0 Å². The van der Waals surface area contributed by atoms with Gasteiger partial charge in [0.05, 0.1) is 0 Å². The zero-order chi connectivity index (χ0) is 10.0. The minimum absolute atomic E-state index is 0.0851. The molecule has 1 rings (SSSR count). The normalized spacial score (nSPS) is 10.7. The molecule has 0 spiro atoms. The lowest BCUT2D eigenvalue weighted by Gasteiger charge is -2.01. The highest BCUT2D eigenvalue weighted by Crippen LogP contribution is 2.08. The summed E-state index contributed by atoms with van der Waals surface area (Å²) in [6.45, 7) is -0.765. The number of aromatic nitrogens is 2. The summed E-state index contributed by atoms with van der Waals surface area (Å²) in [5, 5.41) is 11.9. The maximum Gasteiger partial charge on any atom is 0.354 e. The van der Waals surface area contributed by atoms with E-state index < -0.39 is 18.9 Å². The third-order valence-electron chi connectivity index (χ3n) is 1.33. The van der Waals surface area contributed by atoms with Gasteiger partial charge in [-0.1, -0.05) is 0 Å². The molecule has 0 bridgehead atoms. The van der Waals surface area contributed by atoms with Crippen LogP contribution in [0.1, 0.15) is 10.5 Å². The Morgan fingerprint density at radius 2 is 2.38 bits per heavy atom. The van der Waals surface area contributed by atoms with Crippen molar-refractivity contribution in [2.75, 3.05) is 5.73 Å². The maximum atomic E-state index is 11.9. The minimum atomic E-state index is -2.66. The average Bonchev–Trinajstić information content (AvgIpc) is 2.29. The van der Waals surface area contributed by atoms with Crippen molar-refractivity contribution in [2.24, 2.45) is 0 Å². The van der Waals surface area contributed by atoms with Gasteiger partial charge in [0.15, 0.2) is 0 Å². The molecule has 1 heterocycles. The SMILES string of the molecule is Nc1cc(C(=O)O)n(CC(F)F)n1. The summed E-state index contributed by atoms with van der Waals surface area (Å²) < 4.78 is 24.4. The van der Waals surface area contributed by atoms with Gasteiger partial charge in [-0.2, -0.15) is 5.10 Å². The molecule has 0 saturated carbocycles. The summed E-state index contributed by atoms with van der Waals surface area (Å²) in [6, 6.07) is 1.03. The molecule has 0 radical (unpaired) electrons. The second kappa shape index (κ2) is 3.38. The molecular formula is C6H7F2N3O2. The highest BCUT2D eigenvalue weighted by molar-refractivity contribution is 5.86. The monoisotopic (exact) mass is 191 g/mol. The van der Waals surface area contributed by atoms with Crippen LogP contribution in [-0.4, -0.2) is 27.3 Å². The molecular weight excluding hydrogens is 184 g/mol. The molecule has 0 amide bonds. The number of carboxylic acids is 1. The van der Waals surface area contributed by atoms with Crippen LogP contribution >= 0.6 is 0 Å². The summed E-state index contributed by atoms with van der Waals surface area (Å²) in [4.78, 5) is 10.5. The second-order valence-electron chi connectivity index (χ2n) is 2.33. The Kier molecular flexibility index (Phi) is 2.45. The Balaban J connectivity index is 2.97. The Labute approximate surface area is 71.8 Å². The van der Waals surface area contributed by atoms with Gasteiger partial charge in [0.2, 0.25) is 0 Å². The lowest BCUT2D eigenvalue weighted by molar-refractivity contribution is 0.0671. The number of rotatable bonds is 3. The van der Waals surface area contributed by atoms with E-state index in [1.165, 1.54) is 0 Å². The molecule has 0 aliphatic heterocycles. The third-order valence-corrected chi connectivity index (χ3v) is 1.33. The van der Waals surface area contributed by atoms with E-state index in [2.05, 4.69) is 5.10 Å². The van der Waals surface area contributed by atoms with Gasteiger partial charge in [0.1, 0.15) is 18.1 Å². The molecule has 7 heteroatoms. The molecule has 72 valence electrons. The van der Waals surface area contributed by atoms with E-state index in [9.17, 15) is 13.6 Å². The van der Waals surface area contributed by atoms with Gasteiger partial charge < -0.3 is 10.8 Å². The van der Waals surface area contributed by atoms with Crippen LogP contribution in [-0.2, 0) is 6.54 Å². The molecule has 0 unspecified atom stereocenters. The zero-order valence-corrected chi connectivity index (χ0v) is 6.44. The number of anilines is 1. The number of nitrogens with two attached hydrogens (primary N) is 1. The summed E-state index contributed by atoms with van der Waals surface area (Å²) in [5.74, 6) is -1.41. The summed E-state index contributed by atoms with van der Waals surface area (Å²) in [6.07, 6.45) is -2.66. The summed E-state index contributed by atoms with van der Waals surface area (Å²) in [5.41, 5.74) is 4.82. The first-order chi connectivity index (χ1) is 6.00. The zero-order valence-electron chi connectivity index (χ0n) is 6.44. The molecule has 13 heavy (non-hydrogen) atoms. The van der Waals surface area contributed by atoms with Crippen LogP contribution in [0.15, 0.2) is 6.07 Å². The Morgan fingerprint density at radius 3 is 2.85 bits per heavy atom. The van der Waals surface area contributed by atoms with Gasteiger partial charge in [-0.25, -0.2) is 13.6 Å². The quantitative estimate of drug-likeness (QED) is 0.725. The molecule has 0 aliphatic rings. The van der Waals surface area contributed by atoms with Crippen LogP contribution in [0.2, 0.25) is 0 Å². The first kappa shape index (κ1) is 9.43. The largest absolute Gasteiger partial charge is 0.477 e. The maximum absolute atomic E-state index is 11.9. The number of aromatic carboxylic acids is 1. The highest BCUT2D eigenvalue weighted by atomic mass is 19.3. The van der Waals surface area contributed by atoms with Crippen molar-refractivity contribution < 1.29 is 18.7 Å². The Morgan fingerprint density at radius 1 is 1.77 bits per heavy atom. The van der Waals surface area contributed by atoms with Gasteiger partial charge in [-0.05, 0) is 0 Å². The highest BCUT2D eigenvalue weighted by Gasteiger charge is 2.15. The topological polar surface area (TPSA) is 81.1 Å². The number of hydrogen-bond donors (Lipinski definition) is 2. The van der Waals surface area contributed by atoms with E-state index in [1.807, 2.05) is 0 Å². The standard InChI is InChI=1S/C6H7F2N3O2/c7-4(8)2-11-3(6(12)13)1-5(9)10-11/h1,4H,2H2,(H2,9,10)(H,12,13). The number of hydrogen-bond acceptors (Lipinski definition) is 3. The van der Waals surface area contributed by atoms with Crippen molar-refractivity contribution in [1.82, 2.24) is 9.78 Å². The number of nitrogen functional groups attached to an aromatic ring is 1. The molecule has 5 nitrogen and oxygen atoms in total. The fraction of sp³-hybridized carbons (Fsp3) is 0.333. The molecule has 0 atom stereocenters. The van der Waals surface area contributed by atoms with Gasteiger partial charge in [-0.3, -0.25) is 4.68 Å². The number of carboxylic acid groups (broad SMARTS) is 1. The van der Waals surface area contributed by atoms with Gasteiger partial charge in [-0.15, -0.1) is 0 Å². The molecule has 0 saturated heterocycles. The van der Waals surface area contributed by atoms with Crippen LogP contribution in [0.3, 0.4) is 0 Å². The second-order valence-corrected chi connectivity index (χ2v) is 2.33. The fourth-order valence-corrected chi connectivity index (χ4v) is 0.879. The molecule has 1 aromatic heterocycles. The smallest absolute Gasteiger partial charge is 0.354 e. The summed E-state index contributed by atoms with van der Waals surface area (Å²) in [7, 11) is 0. The van der Waals surface area contributed by atoms with E-state index in [1.54, 1.807) is 0 Å². The molecule has 3 N–H and O–H groups in total. The Hall–Kier alpha value is -1.66. The van der Waals surface area contributed by atoms with Crippen molar-refractivity contribution in [3.63, 3.8) is 0 Å². The van der Waals surface area contributed by atoms with Crippen molar-refractivity contribution in [1.29, 1.82) is 0 Å². The Bertz CT molecular complexity index is 324. The molecule has 0 fully saturated rings. The number of alkyl halides is 2. The molecule has 1 aromatic rings. The lowest BCUT2D eigenvalue weighted by Crippen LogP contribution is -2.14. The number of nitrogens with zero attached hydrogens (tertiary/aromatic N) is 2. The van der Waals surface area contributed by atoms with Crippen molar-refractivity contribution in [2.45, 2.75) is 13.0 Å². The fourth-order valence-electron chi connectivity index (χ4n) is 0.879. The first-order valence-corrected chi connectivity index (χ1v) is 3.35. The van der Waals surface area contributed by atoms with Crippen LogP contribution in [0.4, 0.5) is 14.6 Å². The molecule has 0 aromatic carbocycles. The first-order valence-electron chi connectivity index (χ1n) is 3.35. The van der Waals surface area contributed by atoms with Gasteiger partial charge in [0, 0.05) is 6.07 Å². The van der Waals surface area contributed by atoms with Crippen molar-refractivity contribution in [3.05, 3.63) is 11.8 Å². The number of halogens is 2. The van der Waals surface area contributed by atoms with E-state index >= 15 is 0 Å². The van der Waals surface area contributed by atoms with Crippen LogP contribution < -0.4 is 5.73 Å². The van der Waals surface area contributed by atoms with Gasteiger partial charge in [0.25, 0.3) is 6.43 Å². The van der Waals surface area contributed by atoms with Crippen LogP contribution in [0.5, 0.6) is 0 Å². The number of carbonyl (C=O) groups is 1. The van der Waals surface area contributed by atoms with Crippen molar-refractivity contribution >= 4 is 11.8 Å². The van der Waals surface area contributed by atoms with Crippen LogP contribution in [0, 0.1) is 0 Å². The van der Waals surface area contributed by atoms with Crippen molar-refractivity contribution in [3.8, 4) is 0 Å². The lowest BCUT2D eigenvalue weighted by atomic mass is 10.4. The molecule has 0 aliphatic carbocycles. The van der Waals surface area contributed by atoms with E-state index in [4.69, 9.17) is 10.8 Å².